The van der Waals surface area contributed by atoms with Crippen LogP contribution in [0.5, 0.6) is 0 Å². The summed E-state index contributed by atoms with van der Waals surface area (Å²) < 4.78 is 29.2. The number of carbonyl (C=O) groups excluding carboxylic acids is 1. The molecule has 1 saturated heterocycles. The van der Waals surface area contributed by atoms with E-state index in [0.29, 0.717) is 31.0 Å². The monoisotopic (exact) mass is 493 g/mol. The van der Waals surface area contributed by atoms with E-state index in [4.69, 9.17) is 11.6 Å². The van der Waals surface area contributed by atoms with Gasteiger partial charge in [0.25, 0.3) is 5.91 Å². The van der Waals surface area contributed by atoms with Crippen LogP contribution in [0.4, 0.5) is 0 Å². The third-order valence-corrected chi connectivity index (χ3v) is 8.32. The first-order valence-electron chi connectivity index (χ1n) is 10.3. The molecule has 3 aromatic rings. The maximum absolute atomic E-state index is 13.2. The van der Waals surface area contributed by atoms with Gasteiger partial charge >= 0.3 is 0 Å². The topological polar surface area (TPSA) is 96.7 Å². The highest BCUT2D eigenvalue weighted by Gasteiger charge is 2.29. The van der Waals surface area contributed by atoms with Crippen molar-refractivity contribution < 1.29 is 13.2 Å². The Balaban J connectivity index is 1.63. The van der Waals surface area contributed by atoms with Gasteiger partial charge in [-0.1, -0.05) is 17.7 Å². The lowest BCUT2D eigenvalue weighted by atomic mass is 10.1. The summed E-state index contributed by atoms with van der Waals surface area (Å²) in [7, 11) is -3.66. The van der Waals surface area contributed by atoms with Gasteiger partial charge in [0.15, 0.2) is 11.5 Å². The van der Waals surface area contributed by atoms with Crippen molar-refractivity contribution in [3.8, 4) is 0 Å². The quantitative estimate of drug-likeness (QED) is 0.516. The predicted molar refractivity (Wildman–Crippen MR) is 126 cm³/mol. The van der Waals surface area contributed by atoms with Crippen molar-refractivity contribution >= 4 is 44.9 Å². The Morgan fingerprint density at radius 1 is 1.22 bits per heavy atom. The van der Waals surface area contributed by atoms with Gasteiger partial charge < -0.3 is 5.32 Å². The largest absolute Gasteiger partial charge is 0.342 e. The second-order valence-electron chi connectivity index (χ2n) is 7.55. The fourth-order valence-corrected chi connectivity index (χ4v) is 5.97. The molecule has 1 aliphatic rings. The molecule has 170 valence electrons. The number of hydrogen-bond donors (Lipinski definition) is 1. The Morgan fingerprint density at radius 2 is 2.00 bits per heavy atom. The molecule has 0 aliphatic carbocycles. The Morgan fingerprint density at radius 3 is 2.75 bits per heavy atom. The third-order valence-electron chi connectivity index (χ3n) is 5.45. The van der Waals surface area contributed by atoms with E-state index in [1.54, 1.807) is 11.8 Å². The molecule has 1 aliphatic heterocycles. The molecule has 2 aromatic heterocycles. The molecule has 1 atom stereocenters. The van der Waals surface area contributed by atoms with Crippen molar-refractivity contribution in [3.05, 3.63) is 59.0 Å². The second-order valence-corrected chi connectivity index (χ2v) is 10.9. The number of fused-ring (bicyclic) bond motifs is 1. The fraction of sp³-hybridized carbons (Fsp3) is 0.381. The number of benzene rings is 1. The van der Waals surface area contributed by atoms with Crippen molar-refractivity contribution in [1.29, 1.82) is 0 Å². The van der Waals surface area contributed by atoms with Gasteiger partial charge in [-0.3, -0.25) is 9.20 Å². The first-order valence-corrected chi connectivity index (χ1v) is 13.5. The lowest BCUT2D eigenvalue weighted by Gasteiger charge is -2.19. The number of sulfonamides is 1. The molecule has 0 radical (unpaired) electrons. The summed E-state index contributed by atoms with van der Waals surface area (Å²) in [6.07, 6.45) is 6.14. The first-order chi connectivity index (χ1) is 15.4. The van der Waals surface area contributed by atoms with Crippen LogP contribution in [0.3, 0.4) is 0 Å². The maximum atomic E-state index is 13.2. The van der Waals surface area contributed by atoms with Crippen LogP contribution < -0.4 is 5.32 Å². The van der Waals surface area contributed by atoms with Crippen LogP contribution in [0.15, 0.2) is 47.5 Å². The summed E-state index contributed by atoms with van der Waals surface area (Å²) >= 11 is 7.96. The number of rotatable bonds is 8. The van der Waals surface area contributed by atoms with E-state index in [1.165, 1.54) is 22.5 Å². The Labute approximate surface area is 196 Å². The molecule has 32 heavy (non-hydrogen) atoms. The van der Waals surface area contributed by atoms with Gasteiger partial charge in [0, 0.05) is 19.3 Å². The smallest absolute Gasteiger partial charge is 0.253 e. The van der Waals surface area contributed by atoms with Crippen LogP contribution in [0.1, 0.15) is 41.5 Å². The van der Waals surface area contributed by atoms with Crippen molar-refractivity contribution in [2.24, 2.45) is 0 Å². The summed E-state index contributed by atoms with van der Waals surface area (Å²) in [6.45, 7) is 0.979. The lowest BCUT2D eigenvalue weighted by Crippen LogP contribution is -2.31. The van der Waals surface area contributed by atoms with Crippen LogP contribution in [-0.4, -0.2) is 58.3 Å². The molecule has 0 spiro atoms. The Hall–Kier alpha value is -2.14. The average molecular weight is 494 g/mol. The molecule has 1 N–H and O–H groups in total. The highest BCUT2D eigenvalue weighted by atomic mass is 35.5. The zero-order chi connectivity index (χ0) is 22.7. The summed E-state index contributed by atoms with van der Waals surface area (Å²) in [5, 5.41) is 11.6. The van der Waals surface area contributed by atoms with Gasteiger partial charge in [-0.2, -0.15) is 16.1 Å². The molecule has 1 fully saturated rings. The number of pyridine rings is 1. The molecule has 1 amide bonds. The molecular formula is C21H24ClN5O3S2. The summed E-state index contributed by atoms with van der Waals surface area (Å²) in [6, 6.07) is 9.44. The minimum absolute atomic E-state index is 0.0718. The van der Waals surface area contributed by atoms with E-state index in [1.807, 2.05) is 35.1 Å². The van der Waals surface area contributed by atoms with Crippen LogP contribution >= 0.6 is 23.4 Å². The van der Waals surface area contributed by atoms with Crippen LogP contribution in [0.2, 0.25) is 5.02 Å². The van der Waals surface area contributed by atoms with Gasteiger partial charge in [0.05, 0.1) is 21.5 Å². The molecule has 1 aromatic carbocycles. The molecule has 0 saturated carbocycles. The molecule has 11 heteroatoms. The van der Waals surface area contributed by atoms with Gasteiger partial charge in [-0.25, -0.2) is 8.42 Å². The fourth-order valence-electron chi connectivity index (χ4n) is 3.75. The van der Waals surface area contributed by atoms with Gasteiger partial charge in [0.1, 0.15) is 0 Å². The molecule has 1 unspecified atom stereocenters. The van der Waals surface area contributed by atoms with Gasteiger partial charge in [-0.05, 0) is 61.6 Å². The Kier molecular flexibility index (Phi) is 7.04. The van der Waals surface area contributed by atoms with E-state index in [2.05, 4.69) is 15.5 Å². The molecule has 8 nitrogen and oxygen atoms in total. The average Bonchev–Trinajstić information content (AvgIpc) is 3.47. The van der Waals surface area contributed by atoms with Crippen LogP contribution in [0, 0.1) is 0 Å². The molecular weight excluding hydrogens is 470 g/mol. The number of carbonyl (C=O) groups is 1. The van der Waals surface area contributed by atoms with E-state index in [-0.39, 0.29) is 15.5 Å². The standard InChI is InChI=1S/C21H24ClN5O3S2/c1-31-13-9-18(20-25-24-19-6-2-3-12-27(19)20)23-21(28)16-14-15(7-8-17(16)22)32(29,30)26-10-4-5-11-26/h2-3,6-8,12,14,18H,4-5,9-11,13H2,1H3,(H,23,28). The van der Waals surface area contributed by atoms with Crippen molar-refractivity contribution in [2.45, 2.75) is 30.2 Å². The maximum Gasteiger partial charge on any atom is 0.253 e. The number of amides is 1. The van der Waals surface area contributed by atoms with Gasteiger partial charge in [-0.15, -0.1) is 10.2 Å². The van der Waals surface area contributed by atoms with Gasteiger partial charge in [0.2, 0.25) is 10.0 Å². The molecule has 0 bridgehead atoms. The van der Waals surface area contributed by atoms with E-state index in [9.17, 15) is 13.2 Å². The summed E-state index contributed by atoms with van der Waals surface area (Å²) in [5.74, 6) is 0.955. The predicted octanol–water partition coefficient (Wildman–Crippen LogP) is 3.39. The highest BCUT2D eigenvalue weighted by molar-refractivity contribution is 7.98. The van der Waals surface area contributed by atoms with Crippen LogP contribution in [-0.2, 0) is 10.0 Å². The number of nitrogens with one attached hydrogen (secondary N) is 1. The van der Waals surface area contributed by atoms with E-state index in [0.717, 1.165) is 18.6 Å². The summed E-state index contributed by atoms with van der Waals surface area (Å²) in [4.78, 5) is 13.3. The first kappa shape index (κ1) is 23.0. The van der Waals surface area contributed by atoms with Crippen molar-refractivity contribution in [2.75, 3.05) is 25.1 Å². The zero-order valence-corrected chi connectivity index (χ0v) is 20.0. The number of thioether (sulfide) groups is 1. The number of aromatic nitrogens is 3. The minimum atomic E-state index is -3.66. The van der Waals surface area contributed by atoms with E-state index < -0.39 is 22.0 Å². The van der Waals surface area contributed by atoms with E-state index >= 15 is 0 Å². The lowest BCUT2D eigenvalue weighted by molar-refractivity contribution is 0.0933. The normalized spacial score (nSPS) is 15.8. The second kappa shape index (κ2) is 9.78. The number of halogens is 1. The van der Waals surface area contributed by atoms with Crippen LogP contribution in [0.25, 0.3) is 5.65 Å². The number of hydrogen-bond acceptors (Lipinski definition) is 6. The highest BCUT2D eigenvalue weighted by Crippen LogP contribution is 2.26. The SMILES string of the molecule is CSCCC(NC(=O)c1cc(S(=O)(=O)N2CCCC2)ccc1Cl)c1nnc2ccccn12. The minimum Gasteiger partial charge on any atom is -0.342 e. The molecule has 3 heterocycles. The zero-order valence-electron chi connectivity index (χ0n) is 17.6. The van der Waals surface area contributed by atoms with Crippen molar-refractivity contribution in [3.63, 3.8) is 0 Å². The summed E-state index contributed by atoms with van der Waals surface area (Å²) in [5.41, 5.74) is 0.803. The third kappa shape index (κ3) is 4.63. The molecule has 4 rings (SSSR count). The van der Waals surface area contributed by atoms with Crippen molar-refractivity contribution in [1.82, 2.24) is 24.2 Å². The number of nitrogens with zero attached hydrogens (tertiary/aromatic N) is 4. The Bertz CT molecular complexity index is 1230.